The van der Waals surface area contributed by atoms with Gasteiger partial charge in [-0.1, -0.05) is 17.7 Å². The van der Waals surface area contributed by atoms with Gasteiger partial charge in [-0.2, -0.15) is 18.3 Å². The molecule has 1 amide bonds. The van der Waals surface area contributed by atoms with E-state index in [2.05, 4.69) is 15.5 Å². The number of benzene rings is 1. The fraction of sp³-hybridized carbons (Fsp3) is 0.286. The molecule has 0 aliphatic rings. The van der Waals surface area contributed by atoms with E-state index in [1.165, 1.54) is 12.3 Å². The smallest absolute Gasteiger partial charge is 0.394 e. The van der Waals surface area contributed by atoms with Crippen molar-refractivity contribution in [1.82, 2.24) is 15.5 Å². The second kappa shape index (κ2) is 6.59. The summed E-state index contributed by atoms with van der Waals surface area (Å²) in [6.45, 7) is 0.895. The lowest BCUT2D eigenvalue weighted by Crippen LogP contribution is -2.32. The number of nitrogens with zero attached hydrogens (tertiary/aromatic N) is 1. The number of nitrogens with one attached hydrogen (secondary N) is 2. The molecule has 0 spiro atoms. The topological polar surface area (TPSA) is 78.0 Å². The lowest BCUT2D eigenvalue weighted by Gasteiger charge is -2.21. The summed E-state index contributed by atoms with van der Waals surface area (Å²) in [6, 6.07) is 1.93. The molecule has 0 aliphatic carbocycles. The summed E-state index contributed by atoms with van der Waals surface area (Å²) >= 11 is 5.62. The quantitative estimate of drug-likeness (QED) is 0.795. The molecular formula is C14H13ClF3N3O2. The van der Waals surface area contributed by atoms with Gasteiger partial charge >= 0.3 is 6.18 Å². The average molecular weight is 348 g/mol. The molecule has 1 heterocycles. The molecule has 2 rings (SSSR count). The van der Waals surface area contributed by atoms with Crippen LogP contribution in [0.1, 0.15) is 33.2 Å². The Hall–Kier alpha value is -2.06. The highest BCUT2D eigenvalue weighted by Crippen LogP contribution is 2.36. The van der Waals surface area contributed by atoms with Crippen molar-refractivity contribution in [3.8, 4) is 0 Å². The molecule has 23 heavy (non-hydrogen) atoms. The highest BCUT2D eigenvalue weighted by Gasteiger charge is 2.36. The number of hydrogen-bond donors (Lipinski definition) is 3. The lowest BCUT2D eigenvalue weighted by molar-refractivity contribution is -0.138. The van der Waals surface area contributed by atoms with Gasteiger partial charge in [0.2, 0.25) is 0 Å². The van der Waals surface area contributed by atoms with E-state index < -0.39 is 30.3 Å². The Kier molecular flexibility index (Phi) is 4.96. The van der Waals surface area contributed by atoms with Crippen molar-refractivity contribution in [1.29, 1.82) is 0 Å². The van der Waals surface area contributed by atoms with Crippen LogP contribution in [0, 0.1) is 6.92 Å². The van der Waals surface area contributed by atoms with Gasteiger partial charge in [0.25, 0.3) is 5.91 Å². The van der Waals surface area contributed by atoms with E-state index in [1.807, 2.05) is 0 Å². The number of H-pyrrole nitrogens is 1. The van der Waals surface area contributed by atoms with E-state index in [4.69, 9.17) is 11.6 Å². The van der Waals surface area contributed by atoms with E-state index in [0.717, 1.165) is 12.1 Å². The first-order chi connectivity index (χ1) is 10.7. The number of rotatable bonds is 4. The molecule has 0 unspecified atom stereocenters. The Morgan fingerprint density at radius 1 is 1.48 bits per heavy atom. The largest absolute Gasteiger partial charge is 0.416 e. The van der Waals surface area contributed by atoms with Crippen LogP contribution in [0.4, 0.5) is 13.2 Å². The van der Waals surface area contributed by atoms with Crippen LogP contribution >= 0.6 is 11.6 Å². The minimum absolute atomic E-state index is 0.0882. The third-order valence-electron chi connectivity index (χ3n) is 3.26. The number of carbonyl (C=O) groups is 1. The molecule has 3 N–H and O–H groups in total. The number of amides is 1. The number of aromatic nitrogens is 2. The van der Waals surface area contributed by atoms with Gasteiger partial charge in [-0.25, -0.2) is 0 Å². The molecule has 0 bridgehead atoms. The maximum Gasteiger partial charge on any atom is 0.416 e. The van der Waals surface area contributed by atoms with Crippen LogP contribution in [-0.4, -0.2) is 27.8 Å². The maximum atomic E-state index is 13.1. The van der Waals surface area contributed by atoms with Crippen molar-refractivity contribution in [3.63, 3.8) is 0 Å². The normalized spacial score (nSPS) is 13.0. The average Bonchev–Trinajstić information content (AvgIpc) is 2.90. The van der Waals surface area contributed by atoms with Crippen LogP contribution in [0.25, 0.3) is 0 Å². The lowest BCUT2D eigenvalue weighted by atomic mass is 10.00. The summed E-state index contributed by atoms with van der Waals surface area (Å²) < 4.78 is 39.4. The van der Waals surface area contributed by atoms with Gasteiger partial charge in [0, 0.05) is 10.7 Å². The highest BCUT2D eigenvalue weighted by atomic mass is 35.5. The minimum Gasteiger partial charge on any atom is -0.394 e. The van der Waals surface area contributed by atoms with Crippen molar-refractivity contribution in [2.45, 2.75) is 19.1 Å². The summed E-state index contributed by atoms with van der Waals surface area (Å²) in [5, 5.41) is 17.9. The second-order valence-electron chi connectivity index (χ2n) is 4.85. The van der Waals surface area contributed by atoms with Crippen LogP contribution < -0.4 is 5.32 Å². The predicted molar refractivity (Wildman–Crippen MR) is 77.1 cm³/mol. The van der Waals surface area contributed by atoms with Gasteiger partial charge in [-0.3, -0.25) is 9.89 Å². The Bertz CT molecular complexity index is 716. The van der Waals surface area contributed by atoms with E-state index >= 15 is 0 Å². The van der Waals surface area contributed by atoms with Gasteiger partial charge in [0.05, 0.1) is 30.0 Å². The zero-order chi connectivity index (χ0) is 17.2. The van der Waals surface area contributed by atoms with Gasteiger partial charge in [-0.05, 0) is 24.6 Å². The molecule has 2 aromatic rings. The van der Waals surface area contributed by atoms with Crippen molar-refractivity contribution in [2.24, 2.45) is 0 Å². The number of hydrogen-bond acceptors (Lipinski definition) is 3. The fourth-order valence-electron chi connectivity index (χ4n) is 2.12. The van der Waals surface area contributed by atoms with Crippen molar-refractivity contribution in [3.05, 3.63) is 51.8 Å². The molecule has 1 atom stereocenters. The number of carbonyl (C=O) groups excluding carboxylic acids is 1. The zero-order valence-corrected chi connectivity index (χ0v) is 12.7. The van der Waals surface area contributed by atoms with Gasteiger partial charge in [-0.15, -0.1) is 0 Å². The van der Waals surface area contributed by atoms with Gasteiger partial charge in [0.1, 0.15) is 0 Å². The van der Waals surface area contributed by atoms with E-state index in [0.29, 0.717) is 5.69 Å². The Morgan fingerprint density at radius 2 is 2.17 bits per heavy atom. The SMILES string of the molecule is Cc1[nH]ncc1C(=O)N[C@@H](CO)c1ccc(Cl)cc1C(F)(F)F. The summed E-state index contributed by atoms with van der Waals surface area (Å²) in [6.07, 6.45) is -3.41. The Labute approximate surface area is 134 Å². The fourth-order valence-corrected chi connectivity index (χ4v) is 2.29. The first-order valence-corrected chi connectivity index (χ1v) is 6.90. The second-order valence-corrected chi connectivity index (χ2v) is 5.28. The molecule has 0 radical (unpaired) electrons. The zero-order valence-electron chi connectivity index (χ0n) is 11.9. The van der Waals surface area contributed by atoms with Crippen molar-refractivity contribution < 1.29 is 23.1 Å². The monoisotopic (exact) mass is 347 g/mol. The molecular weight excluding hydrogens is 335 g/mol. The summed E-state index contributed by atoms with van der Waals surface area (Å²) in [5.41, 5.74) is -0.621. The van der Waals surface area contributed by atoms with Crippen LogP contribution in [0.5, 0.6) is 0 Å². The number of aromatic amines is 1. The van der Waals surface area contributed by atoms with E-state index in [-0.39, 0.29) is 16.1 Å². The molecule has 1 aromatic carbocycles. The molecule has 1 aromatic heterocycles. The van der Waals surface area contributed by atoms with Crippen LogP contribution in [0.3, 0.4) is 0 Å². The maximum absolute atomic E-state index is 13.1. The molecule has 0 saturated heterocycles. The van der Waals surface area contributed by atoms with Crippen LogP contribution in [0.2, 0.25) is 5.02 Å². The molecule has 0 aliphatic heterocycles. The summed E-state index contributed by atoms with van der Waals surface area (Å²) in [5.74, 6) is -0.640. The molecule has 124 valence electrons. The third-order valence-corrected chi connectivity index (χ3v) is 3.49. The predicted octanol–water partition coefficient (Wildman–Crippen LogP) is 2.85. The van der Waals surface area contributed by atoms with E-state index in [9.17, 15) is 23.1 Å². The Balaban J connectivity index is 2.35. The molecule has 5 nitrogen and oxygen atoms in total. The molecule has 9 heteroatoms. The van der Waals surface area contributed by atoms with E-state index in [1.54, 1.807) is 6.92 Å². The first-order valence-electron chi connectivity index (χ1n) is 6.52. The Morgan fingerprint density at radius 3 is 2.70 bits per heavy atom. The van der Waals surface area contributed by atoms with Crippen LogP contribution in [-0.2, 0) is 6.18 Å². The summed E-state index contributed by atoms with van der Waals surface area (Å²) in [7, 11) is 0. The van der Waals surface area contributed by atoms with Crippen LogP contribution in [0.15, 0.2) is 24.4 Å². The number of aliphatic hydroxyl groups is 1. The van der Waals surface area contributed by atoms with Crippen molar-refractivity contribution in [2.75, 3.05) is 6.61 Å². The van der Waals surface area contributed by atoms with Crippen molar-refractivity contribution >= 4 is 17.5 Å². The minimum atomic E-state index is -4.66. The number of aliphatic hydroxyl groups excluding tert-OH is 1. The molecule has 0 fully saturated rings. The number of aryl methyl sites for hydroxylation is 1. The molecule has 0 saturated carbocycles. The first kappa shape index (κ1) is 17.3. The number of halogens is 4. The number of alkyl halides is 3. The third kappa shape index (κ3) is 3.83. The van der Waals surface area contributed by atoms with Gasteiger partial charge in [0.15, 0.2) is 0 Å². The highest BCUT2D eigenvalue weighted by molar-refractivity contribution is 6.30. The standard InChI is InChI=1S/C14H13ClF3N3O2/c1-7-10(5-19-21-7)13(23)20-12(6-22)9-3-2-8(15)4-11(9)14(16,17)18/h2-5,12,22H,6H2,1H3,(H,19,21)(H,20,23)/t12-/m0/s1. The summed E-state index contributed by atoms with van der Waals surface area (Å²) in [4.78, 5) is 12.1. The van der Waals surface area contributed by atoms with Gasteiger partial charge < -0.3 is 10.4 Å².